The van der Waals surface area contributed by atoms with Gasteiger partial charge in [0.05, 0.1) is 16.4 Å². The van der Waals surface area contributed by atoms with E-state index in [9.17, 15) is 9.59 Å². The molecule has 1 unspecified atom stereocenters. The molecule has 2 aromatic heterocycles. The maximum absolute atomic E-state index is 12.5. The van der Waals surface area contributed by atoms with Crippen LogP contribution < -0.4 is 10.9 Å². The molecule has 0 radical (unpaired) electrons. The number of aryl methyl sites for hydroxylation is 3. The third kappa shape index (κ3) is 4.25. The highest BCUT2D eigenvalue weighted by molar-refractivity contribution is 7.99. The monoisotopic (exact) mass is 401 g/mol. The number of thiophene rings is 1. The second-order valence-corrected chi connectivity index (χ2v) is 8.96. The van der Waals surface area contributed by atoms with Crippen molar-refractivity contribution >= 4 is 44.9 Å². The Kier molecular flexibility index (Phi) is 6.01. The number of rotatable bonds is 6. The third-order valence-electron chi connectivity index (χ3n) is 4.58. The molecule has 0 aliphatic carbocycles. The number of thioether (sulfide) groups is 1. The molecule has 0 bridgehead atoms. The minimum Gasteiger partial charge on any atom is -0.325 e. The van der Waals surface area contributed by atoms with Crippen molar-refractivity contribution in [1.29, 1.82) is 0 Å². The highest BCUT2D eigenvalue weighted by atomic mass is 32.2. The highest BCUT2D eigenvalue weighted by Gasteiger charge is 2.17. The molecule has 7 heteroatoms. The van der Waals surface area contributed by atoms with E-state index in [-0.39, 0.29) is 16.7 Å². The van der Waals surface area contributed by atoms with E-state index in [2.05, 4.69) is 22.2 Å². The topological polar surface area (TPSA) is 74.8 Å². The number of anilines is 1. The van der Waals surface area contributed by atoms with Crippen molar-refractivity contribution in [3.63, 3.8) is 0 Å². The molecule has 1 amide bonds. The zero-order chi connectivity index (χ0) is 19.6. The van der Waals surface area contributed by atoms with E-state index < -0.39 is 0 Å². The van der Waals surface area contributed by atoms with Gasteiger partial charge in [-0.15, -0.1) is 23.1 Å². The molecule has 27 heavy (non-hydrogen) atoms. The van der Waals surface area contributed by atoms with Crippen LogP contribution in [0, 0.1) is 13.8 Å². The SMILES string of the molecule is CCc1ccccc1NC(=O)C(C)SCc1nc2sc(C)c(C)c2c(=O)[nH]1. The minimum absolute atomic E-state index is 0.0489. The molecule has 0 saturated heterocycles. The zero-order valence-electron chi connectivity index (χ0n) is 15.9. The molecule has 0 aliphatic rings. The molecule has 0 aliphatic heterocycles. The van der Waals surface area contributed by atoms with Gasteiger partial charge in [-0.25, -0.2) is 4.98 Å². The van der Waals surface area contributed by atoms with Crippen LogP contribution in [0.4, 0.5) is 5.69 Å². The second-order valence-electron chi connectivity index (χ2n) is 6.43. The lowest BCUT2D eigenvalue weighted by atomic mass is 10.1. The van der Waals surface area contributed by atoms with Crippen molar-refractivity contribution in [2.75, 3.05) is 5.32 Å². The number of carbonyl (C=O) groups excluding carboxylic acids is 1. The van der Waals surface area contributed by atoms with Gasteiger partial charge in [0.2, 0.25) is 5.91 Å². The Bertz CT molecular complexity index is 1040. The van der Waals surface area contributed by atoms with Gasteiger partial charge in [-0.1, -0.05) is 25.1 Å². The first-order valence-corrected chi connectivity index (χ1v) is 10.8. The van der Waals surface area contributed by atoms with E-state index >= 15 is 0 Å². The van der Waals surface area contributed by atoms with Crippen LogP contribution in [0.2, 0.25) is 0 Å². The smallest absolute Gasteiger partial charge is 0.259 e. The van der Waals surface area contributed by atoms with Gasteiger partial charge in [0.25, 0.3) is 5.56 Å². The molecule has 0 saturated carbocycles. The largest absolute Gasteiger partial charge is 0.325 e. The summed E-state index contributed by atoms with van der Waals surface area (Å²) < 4.78 is 0. The molecule has 0 fully saturated rings. The predicted octanol–water partition coefficient (Wildman–Crippen LogP) is 4.42. The van der Waals surface area contributed by atoms with Crippen molar-refractivity contribution in [3.05, 3.63) is 56.4 Å². The van der Waals surface area contributed by atoms with E-state index in [1.165, 1.54) is 23.1 Å². The lowest BCUT2D eigenvalue weighted by molar-refractivity contribution is -0.115. The number of hydrogen-bond acceptors (Lipinski definition) is 5. The van der Waals surface area contributed by atoms with Crippen molar-refractivity contribution in [3.8, 4) is 0 Å². The second kappa shape index (κ2) is 8.27. The van der Waals surface area contributed by atoms with Crippen molar-refractivity contribution in [2.45, 2.75) is 45.1 Å². The Balaban J connectivity index is 1.68. The van der Waals surface area contributed by atoms with Crippen LogP contribution in [-0.2, 0) is 17.0 Å². The summed E-state index contributed by atoms with van der Waals surface area (Å²) in [5.74, 6) is 1.03. The molecule has 3 rings (SSSR count). The maximum Gasteiger partial charge on any atom is 0.259 e. The summed E-state index contributed by atoms with van der Waals surface area (Å²) in [5, 5.41) is 3.41. The summed E-state index contributed by atoms with van der Waals surface area (Å²) in [4.78, 5) is 34.1. The Morgan fingerprint density at radius 3 is 2.81 bits per heavy atom. The molecule has 1 aromatic carbocycles. The van der Waals surface area contributed by atoms with Crippen LogP contribution in [0.3, 0.4) is 0 Å². The third-order valence-corrected chi connectivity index (χ3v) is 6.84. The van der Waals surface area contributed by atoms with Crippen LogP contribution >= 0.6 is 23.1 Å². The number of aromatic nitrogens is 2. The van der Waals surface area contributed by atoms with E-state index in [4.69, 9.17) is 0 Å². The zero-order valence-corrected chi connectivity index (χ0v) is 17.5. The fraction of sp³-hybridized carbons (Fsp3) is 0.350. The fourth-order valence-corrected chi connectivity index (χ4v) is 4.64. The Labute approximate surface area is 166 Å². The van der Waals surface area contributed by atoms with E-state index in [0.717, 1.165) is 32.9 Å². The number of para-hydroxylation sites is 1. The van der Waals surface area contributed by atoms with E-state index in [1.807, 2.05) is 45.0 Å². The van der Waals surface area contributed by atoms with Crippen molar-refractivity contribution in [2.24, 2.45) is 0 Å². The van der Waals surface area contributed by atoms with E-state index in [1.54, 1.807) is 0 Å². The first-order chi connectivity index (χ1) is 12.9. The molecule has 2 N–H and O–H groups in total. The minimum atomic E-state index is -0.261. The molecular weight excluding hydrogens is 378 g/mol. The van der Waals surface area contributed by atoms with Crippen molar-refractivity contribution in [1.82, 2.24) is 9.97 Å². The number of amides is 1. The average Bonchev–Trinajstić information content (AvgIpc) is 2.94. The number of fused-ring (bicyclic) bond motifs is 1. The lowest BCUT2D eigenvalue weighted by Gasteiger charge is -2.14. The highest BCUT2D eigenvalue weighted by Crippen LogP contribution is 2.26. The number of H-pyrrole nitrogens is 1. The Morgan fingerprint density at radius 1 is 1.33 bits per heavy atom. The molecule has 142 valence electrons. The average molecular weight is 402 g/mol. The lowest BCUT2D eigenvalue weighted by Crippen LogP contribution is -2.23. The number of nitrogens with zero attached hydrogens (tertiary/aromatic N) is 1. The maximum atomic E-state index is 12.5. The number of nitrogens with one attached hydrogen (secondary N) is 2. The van der Waals surface area contributed by atoms with Gasteiger partial charge in [0, 0.05) is 10.6 Å². The van der Waals surface area contributed by atoms with Gasteiger partial charge in [-0.3, -0.25) is 9.59 Å². The van der Waals surface area contributed by atoms with Gasteiger partial charge in [-0.2, -0.15) is 0 Å². The summed E-state index contributed by atoms with van der Waals surface area (Å²) in [6, 6.07) is 7.82. The predicted molar refractivity (Wildman–Crippen MR) is 115 cm³/mol. The number of hydrogen-bond donors (Lipinski definition) is 2. The van der Waals surface area contributed by atoms with Crippen LogP contribution in [0.15, 0.2) is 29.1 Å². The normalized spacial score (nSPS) is 12.3. The van der Waals surface area contributed by atoms with Crippen LogP contribution in [-0.4, -0.2) is 21.1 Å². The molecule has 5 nitrogen and oxygen atoms in total. The van der Waals surface area contributed by atoms with Crippen LogP contribution in [0.1, 0.15) is 35.7 Å². The van der Waals surface area contributed by atoms with Crippen molar-refractivity contribution < 1.29 is 4.79 Å². The quantitative estimate of drug-likeness (QED) is 0.641. The first kappa shape index (κ1) is 19.6. The summed E-state index contributed by atoms with van der Waals surface area (Å²) in [5.41, 5.74) is 2.86. The van der Waals surface area contributed by atoms with Crippen LogP contribution in [0.25, 0.3) is 10.2 Å². The van der Waals surface area contributed by atoms with Gasteiger partial charge in [-0.05, 0) is 44.4 Å². The van der Waals surface area contributed by atoms with Gasteiger partial charge in [0.15, 0.2) is 0 Å². The summed E-state index contributed by atoms with van der Waals surface area (Å²) in [6.45, 7) is 7.87. The molecular formula is C20H23N3O2S2. The number of aromatic amines is 1. The molecule has 2 heterocycles. The van der Waals surface area contributed by atoms with Gasteiger partial charge in [0.1, 0.15) is 10.7 Å². The Morgan fingerprint density at radius 2 is 2.07 bits per heavy atom. The fourth-order valence-electron chi connectivity index (χ4n) is 2.83. The Hall–Kier alpha value is -2.12. The molecule has 3 aromatic rings. The van der Waals surface area contributed by atoms with E-state index in [0.29, 0.717) is 17.0 Å². The summed E-state index contributed by atoms with van der Waals surface area (Å²) in [7, 11) is 0. The summed E-state index contributed by atoms with van der Waals surface area (Å²) in [6.07, 6.45) is 0.864. The van der Waals surface area contributed by atoms with Gasteiger partial charge < -0.3 is 10.3 Å². The summed E-state index contributed by atoms with van der Waals surface area (Å²) >= 11 is 2.99. The standard InChI is InChI=1S/C20H23N3O2S2/c1-5-14-8-6-7-9-15(14)21-18(24)13(4)26-10-16-22-19(25)17-11(2)12(3)27-20(17)23-16/h6-9,13H,5,10H2,1-4H3,(H,21,24)(H,22,23,25). The number of benzene rings is 1. The van der Waals surface area contributed by atoms with Crippen LogP contribution in [0.5, 0.6) is 0 Å². The molecule has 0 spiro atoms. The van der Waals surface area contributed by atoms with Gasteiger partial charge >= 0.3 is 0 Å². The number of carbonyl (C=O) groups is 1. The molecule has 1 atom stereocenters. The first-order valence-electron chi connectivity index (χ1n) is 8.90.